The van der Waals surface area contributed by atoms with Crippen LogP contribution in [0.3, 0.4) is 0 Å². The maximum Gasteiger partial charge on any atom is 0.160 e. The molecule has 0 fully saturated rings. The molecule has 50 heavy (non-hydrogen) atoms. The molecule has 2 aliphatic heterocycles. The molecular weight excluding hydrogens is 611 g/mol. The van der Waals surface area contributed by atoms with Crippen LogP contribution >= 0.6 is 0 Å². The minimum absolute atomic E-state index is 0.0205. The summed E-state index contributed by atoms with van der Waals surface area (Å²) in [5.74, 6) is 0.976. The van der Waals surface area contributed by atoms with Gasteiger partial charge in [0.25, 0.3) is 0 Å². The first-order valence-electron chi connectivity index (χ1n) is 17.6. The molecule has 240 valence electrons. The van der Waals surface area contributed by atoms with Crippen molar-refractivity contribution in [3.63, 3.8) is 0 Å². The van der Waals surface area contributed by atoms with Gasteiger partial charge in [0.1, 0.15) is 0 Å². The van der Waals surface area contributed by atoms with E-state index < -0.39 is 0 Å². The monoisotopic (exact) mass is 645 g/mol. The first-order chi connectivity index (χ1) is 24.8. The number of ether oxygens (including phenoxy) is 1. The van der Waals surface area contributed by atoms with E-state index in [1.807, 2.05) is 0 Å². The van der Waals surface area contributed by atoms with Crippen molar-refractivity contribution >= 4 is 32.8 Å². The Bertz CT molecular complexity index is 2350. The molecule has 4 aliphatic rings. The molecule has 4 nitrogen and oxygen atoms in total. The van der Waals surface area contributed by atoms with E-state index in [2.05, 4.69) is 169 Å². The quantitative estimate of drug-likeness (QED) is 0.191. The number of rotatable bonds is 4. The SMILES string of the molecule is C1=CC2OC3C=CC(c4nc(-c5cccc6ccccc56)cc(-c5cccc6ccccc56)n4)=CC3C3=C(C2C=C1)N(c1ccccc1)CC3. The van der Waals surface area contributed by atoms with Gasteiger partial charge in [-0.05, 0) is 51.7 Å². The number of aromatic nitrogens is 2. The Kier molecular flexibility index (Phi) is 6.95. The summed E-state index contributed by atoms with van der Waals surface area (Å²) in [4.78, 5) is 13.2. The molecule has 4 heteroatoms. The molecule has 2 aliphatic carbocycles. The molecule has 0 spiro atoms. The number of nitrogens with zero attached hydrogens (tertiary/aromatic N) is 3. The second kappa shape index (κ2) is 11.9. The molecule has 0 saturated heterocycles. The maximum atomic E-state index is 6.93. The van der Waals surface area contributed by atoms with Gasteiger partial charge in [0.05, 0.1) is 23.6 Å². The van der Waals surface area contributed by atoms with Gasteiger partial charge in [0, 0.05) is 46.5 Å². The molecule has 1 aromatic heterocycles. The third-order valence-electron chi connectivity index (χ3n) is 10.7. The predicted octanol–water partition coefficient (Wildman–Crippen LogP) is 10.4. The van der Waals surface area contributed by atoms with Crippen LogP contribution in [0.15, 0.2) is 175 Å². The first-order valence-corrected chi connectivity index (χ1v) is 17.6. The van der Waals surface area contributed by atoms with E-state index in [4.69, 9.17) is 14.7 Å². The van der Waals surface area contributed by atoms with Crippen LogP contribution < -0.4 is 4.90 Å². The zero-order chi connectivity index (χ0) is 33.0. The van der Waals surface area contributed by atoms with Crippen molar-refractivity contribution in [2.24, 2.45) is 11.8 Å². The summed E-state index contributed by atoms with van der Waals surface area (Å²) in [5.41, 5.74) is 9.13. The number of hydrogen-bond acceptors (Lipinski definition) is 4. The van der Waals surface area contributed by atoms with Crippen LogP contribution in [0.4, 0.5) is 5.69 Å². The summed E-state index contributed by atoms with van der Waals surface area (Å²) >= 11 is 0. The Morgan fingerprint density at radius 3 is 1.94 bits per heavy atom. The van der Waals surface area contributed by atoms with E-state index in [1.54, 1.807) is 0 Å². The smallest absolute Gasteiger partial charge is 0.160 e. The third kappa shape index (κ3) is 4.87. The van der Waals surface area contributed by atoms with Crippen LogP contribution in [-0.4, -0.2) is 28.7 Å². The highest BCUT2D eigenvalue weighted by atomic mass is 16.5. The van der Waals surface area contributed by atoms with Gasteiger partial charge in [-0.1, -0.05) is 146 Å². The predicted molar refractivity (Wildman–Crippen MR) is 204 cm³/mol. The second-order valence-corrected chi connectivity index (χ2v) is 13.5. The van der Waals surface area contributed by atoms with Crippen LogP contribution in [0, 0.1) is 11.8 Å². The van der Waals surface area contributed by atoms with Gasteiger partial charge < -0.3 is 9.64 Å². The summed E-state index contributed by atoms with van der Waals surface area (Å²) in [5, 5.41) is 4.75. The highest BCUT2D eigenvalue weighted by molar-refractivity contribution is 5.99. The number of allylic oxidation sites excluding steroid dienone is 4. The van der Waals surface area contributed by atoms with E-state index in [1.165, 1.54) is 38.5 Å². The van der Waals surface area contributed by atoms with Gasteiger partial charge in [-0.25, -0.2) is 9.97 Å². The van der Waals surface area contributed by atoms with E-state index in [0.717, 1.165) is 46.9 Å². The Labute approximate surface area is 292 Å². The van der Waals surface area contributed by atoms with E-state index in [9.17, 15) is 0 Å². The Morgan fingerprint density at radius 1 is 0.600 bits per heavy atom. The van der Waals surface area contributed by atoms with Gasteiger partial charge in [0.2, 0.25) is 0 Å². The summed E-state index contributed by atoms with van der Waals surface area (Å²) in [6.07, 6.45) is 16.6. The lowest BCUT2D eigenvalue weighted by Gasteiger charge is -2.32. The van der Waals surface area contributed by atoms with Crippen molar-refractivity contribution in [2.45, 2.75) is 18.6 Å². The van der Waals surface area contributed by atoms with Crippen molar-refractivity contribution < 1.29 is 4.74 Å². The van der Waals surface area contributed by atoms with Crippen molar-refractivity contribution in [2.75, 3.05) is 11.4 Å². The highest BCUT2D eigenvalue weighted by Crippen LogP contribution is 2.47. The van der Waals surface area contributed by atoms with Gasteiger partial charge in [-0.2, -0.15) is 0 Å². The molecule has 0 amide bonds. The Morgan fingerprint density at radius 2 is 1.22 bits per heavy atom. The molecule has 4 unspecified atom stereocenters. The van der Waals surface area contributed by atoms with Crippen LogP contribution in [0.25, 0.3) is 49.6 Å². The average Bonchev–Trinajstić information content (AvgIpc) is 3.57. The van der Waals surface area contributed by atoms with Crippen molar-refractivity contribution in [1.82, 2.24) is 9.97 Å². The van der Waals surface area contributed by atoms with E-state index in [-0.39, 0.29) is 24.0 Å². The summed E-state index contributed by atoms with van der Waals surface area (Å²) in [7, 11) is 0. The van der Waals surface area contributed by atoms with Crippen molar-refractivity contribution in [1.29, 1.82) is 0 Å². The van der Waals surface area contributed by atoms with Crippen molar-refractivity contribution in [3.05, 3.63) is 181 Å². The minimum Gasteiger partial charge on any atom is -0.365 e. The fraction of sp³-hybridized carbons (Fsp3) is 0.130. The second-order valence-electron chi connectivity index (χ2n) is 13.5. The van der Waals surface area contributed by atoms with Gasteiger partial charge in [-0.3, -0.25) is 0 Å². The highest BCUT2D eigenvalue weighted by Gasteiger charge is 2.42. The molecule has 0 saturated carbocycles. The molecule has 0 bridgehead atoms. The van der Waals surface area contributed by atoms with Gasteiger partial charge >= 0.3 is 0 Å². The molecule has 0 radical (unpaired) electrons. The number of fused-ring (bicyclic) bond motifs is 6. The van der Waals surface area contributed by atoms with Crippen LogP contribution in [0.2, 0.25) is 0 Å². The minimum atomic E-state index is -0.0654. The zero-order valence-electron chi connectivity index (χ0n) is 27.6. The summed E-state index contributed by atoms with van der Waals surface area (Å²) in [6.45, 7) is 0.962. The van der Waals surface area contributed by atoms with E-state index in [0.29, 0.717) is 0 Å². The fourth-order valence-electron chi connectivity index (χ4n) is 8.40. The number of anilines is 1. The van der Waals surface area contributed by atoms with Gasteiger partial charge in [-0.15, -0.1) is 0 Å². The Hall–Kier alpha value is -5.84. The van der Waals surface area contributed by atoms with Crippen LogP contribution in [0.1, 0.15) is 12.2 Å². The standard InChI is InChI=1S/C46H35N3O/c1-2-16-33(17-3-1)49-27-26-38-40-28-32(24-25-44(40)50-43-23-9-8-20-39(43)45(38)49)46-47-41(36-21-10-14-30-12-4-6-18-34(30)36)29-42(48-46)37-22-11-15-31-13-5-7-19-35(31)37/h1-25,28-29,39-40,43-44H,26-27H2. The topological polar surface area (TPSA) is 38.3 Å². The molecule has 5 aromatic carbocycles. The molecule has 0 N–H and O–H groups in total. The Balaban J connectivity index is 1.15. The fourth-order valence-corrected chi connectivity index (χ4v) is 8.40. The van der Waals surface area contributed by atoms with Gasteiger partial charge in [0.15, 0.2) is 5.82 Å². The molecular formula is C46H35N3O. The zero-order valence-corrected chi connectivity index (χ0v) is 27.6. The summed E-state index contributed by atoms with van der Waals surface area (Å²) in [6, 6.07) is 43.0. The lowest BCUT2D eigenvalue weighted by atomic mass is 9.83. The summed E-state index contributed by atoms with van der Waals surface area (Å²) < 4.78 is 6.93. The van der Waals surface area contributed by atoms with Crippen LogP contribution in [-0.2, 0) is 4.74 Å². The number of benzene rings is 5. The lowest BCUT2D eigenvalue weighted by Crippen LogP contribution is -2.33. The van der Waals surface area contributed by atoms with Crippen LogP contribution in [0.5, 0.6) is 0 Å². The third-order valence-corrected chi connectivity index (χ3v) is 10.7. The first kappa shape index (κ1) is 29.1. The largest absolute Gasteiger partial charge is 0.365 e. The molecule has 3 heterocycles. The maximum absolute atomic E-state index is 6.93. The molecule has 6 aromatic rings. The number of hydrogen-bond donors (Lipinski definition) is 0. The van der Waals surface area contributed by atoms with E-state index >= 15 is 0 Å². The number of para-hydroxylation sites is 1. The molecule has 4 atom stereocenters. The molecule has 10 rings (SSSR count). The van der Waals surface area contributed by atoms with Crippen molar-refractivity contribution in [3.8, 4) is 22.5 Å². The average molecular weight is 646 g/mol. The normalized spacial score (nSPS) is 22.3. The lowest BCUT2D eigenvalue weighted by molar-refractivity contribution is 0.0165.